The van der Waals surface area contributed by atoms with E-state index in [1.807, 2.05) is 25.3 Å². The molecule has 0 amide bonds. The smallest absolute Gasteiger partial charge is 0.133 e. The molecule has 0 saturated carbocycles. The fourth-order valence-corrected chi connectivity index (χ4v) is 2.29. The Morgan fingerprint density at radius 2 is 1.75 bits per heavy atom. The van der Waals surface area contributed by atoms with Crippen molar-refractivity contribution in [3.63, 3.8) is 0 Å². The van der Waals surface area contributed by atoms with Crippen LogP contribution in [0.4, 0.5) is 5.82 Å². The van der Waals surface area contributed by atoms with Gasteiger partial charge >= 0.3 is 0 Å². The third-order valence-electron chi connectivity index (χ3n) is 3.40. The molecule has 1 heterocycles. The lowest BCUT2D eigenvalue weighted by Crippen LogP contribution is -2.32. The Kier molecular flexibility index (Phi) is 4.74. The van der Waals surface area contributed by atoms with E-state index in [1.165, 1.54) is 5.56 Å². The normalized spacial score (nSPS) is 12.4. The number of pyridine rings is 1. The van der Waals surface area contributed by atoms with Crippen LogP contribution in [0.1, 0.15) is 37.9 Å². The van der Waals surface area contributed by atoms with Crippen molar-refractivity contribution in [1.29, 1.82) is 0 Å². The number of nitrogens with two attached hydrogens (primary N) is 1. The van der Waals surface area contributed by atoms with Gasteiger partial charge in [0.25, 0.3) is 0 Å². The summed E-state index contributed by atoms with van der Waals surface area (Å²) in [5.74, 6) is 0.987. The summed E-state index contributed by atoms with van der Waals surface area (Å²) in [6.07, 6.45) is 1.83. The second-order valence-electron chi connectivity index (χ2n) is 5.41. The Morgan fingerprint density at radius 3 is 2.35 bits per heavy atom. The van der Waals surface area contributed by atoms with E-state index in [2.05, 4.69) is 54.1 Å². The fourth-order valence-electron chi connectivity index (χ4n) is 2.29. The maximum atomic E-state index is 6.08. The molecule has 0 aliphatic carbocycles. The molecule has 1 atom stereocenters. The van der Waals surface area contributed by atoms with Crippen molar-refractivity contribution in [1.82, 2.24) is 4.98 Å². The molecule has 2 N–H and O–H groups in total. The summed E-state index contributed by atoms with van der Waals surface area (Å²) < 4.78 is 0. The minimum Gasteiger partial charge on any atom is -0.350 e. The van der Waals surface area contributed by atoms with Crippen molar-refractivity contribution in [2.24, 2.45) is 5.73 Å². The van der Waals surface area contributed by atoms with Gasteiger partial charge in [0.05, 0.1) is 0 Å². The summed E-state index contributed by atoms with van der Waals surface area (Å²) in [7, 11) is 0. The van der Waals surface area contributed by atoms with Crippen molar-refractivity contribution in [3.8, 4) is 0 Å². The molecular weight excluding hydrogens is 246 g/mol. The van der Waals surface area contributed by atoms with Crippen LogP contribution < -0.4 is 10.6 Å². The van der Waals surface area contributed by atoms with E-state index >= 15 is 0 Å². The molecule has 0 fully saturated rings. The summed E-state index contributed by atoms with van der Waals surface area (Å²) in [5.41, 5.74) is 8.45. The minimum absolute atomic E-state index is 0.0178. The number of anilines is 1. The summed E-state index contributed by atoms with van der Waals surface area (Å²) in [4.78, 5) is 6.86. The van der Waals surface area contributed by atoms with Crippen LogP contribution in [-0.4, -0.2) is 11.0 Å². The molecule has 0 unspecified atom stereocenters. The molecule has 3 heteroatoms. The van der Waals surface area contributed by atoms with Gasteiger partial charge in [-0.15, -0.1) is 0 Å². The van der Waals surface area contributed by atoms with Gasteiger partial charge in [-0.1, -0.05) is 36.4 Å². The van der Waals surface area contributed by atoms with E-state index in [1.54, 1.807) is 0 Å². The standard InChI is InChI=1S/C17H23N3/c1-13(2)20(12-15-8-5-4-6-9-15)17-16(14(3)18)10-7-11-19-17/h4-11,13-14H,12,18H2,1-3H3/t14-/m1/s1. The molecule has 0 aliphatic rings. The van der Waals surface area contributed by atoms with E-state index in [4.69, 9.17) is 5.73 Å². The third-order valence-corrected chi connectivity index (χ3v) is 3.40. The number of aromatic nitrogens is 1. The Hall–Kier alpha value is -1.87. The highest BCUT2D eigenvalue weighted by Crippen LogP contribution is 2.25. The first-order chi connectivity index (χ1) is 9.59. The van der Waals surface area contributed by atoms with Crippen LogP contribution in [0.2, 0.25) is 0 Å². The second-order valence-corrected chi connectivity index (χ2v) is 5.41. The van der Waals surface area contributed by atoms with Crippen LogP contribution >= 0.6 is 0 Å². The van der Waals surface area contributed by atoms with Crippen molar-refractivity contribution in [2.75, 3.05) is 4.90 Å². The average molecular weight is 269 g/mol. The molecule has 1 aromatic carbocycles. The van der Waals surface area contributed by atoms with Crippen LogP contribution in [0.15, 0.2) is 48.7 Å². The lowest BCUT2D eigenvalue weighted by molar-refractivity contribution is 0.660. The van der Waals surface area contributed by atoms with Crippen molar-refractivity contribution in [3.05, 3.63) is 59.8 Å². The number of benzene rings is 1. The van der Waals surface area contributed by atoms with Crippen LogP contribution in [0.3, 0.4) is 0 Å². The zero-order valence-corrected chi connectivity index (χ0v) is 12.5. The summed E-state index contributed by atoms with van der Waals surface area (Å²) in [5, 5.41) is 0. The minimum atomic E-state index is -0.0178. The molecular formula is C17H23N3. The van der Waals surface area contributed by atoms with Gasteiger partial charge in [0, 0.05) is 30.4 Å². The monoisotopic (exact) mass is 269 g/mol. The molecule has 0 radical (unpaired) electrons. The van der Waals surface area contributed by atoms with Crippen LogP contribution in [-0.2, 0) is 6.54 Å². The molecule has 0 spiro atoms. The maximum absolute atomic E-state index is 6.08. The summed E-state index contributed by atoms with van der Waals surface area (Å²) >= 11 is 0. The highest BCUT2D eigenvalue weighted by atomic mass is 15.2. The largest absolute Gasteiger partial charge is 0.350 e. The lowest BCUT2D eigenvalue weighted by atomic mass is 10.1. The van der Waals surface area contributed by atoms with Crippen LogP contribution in [0.25, 0.3) is 0 Å². The number of nitrogens with zero attached hydrogens (tertiary/aromatic N) is 2. The van der Waals surface area contributed by atoms with Crippen molar-refractivity contribution < 1.29 is 0 Å². The van der Waals surface area contributed by atoms with Gasteiger partial charge in [-0.05, 0) is 32.4 Å². The Bertz CT molecular complexity index is 535. The van der Waals surface area contributed by atoms with Crippen molar-refractivity contribution in [2.45, 2.75) is 39.4 Å². The first kappa shape index (κ1) is 14.5. The molecule has 1 aromatic heterocycles. The summed E-state index contributed by atoms with van der Waals surface area (Å²) in [6, 6.07) is 14.8. The number of hydrogen-bond donors (Lipinski definition) is 1. The molecule has 0 aliphatic heterocycles. The first-order valence-corrected chi connectivity index (χ1v) is 7.10. The topological polar surface area (TPSA) is 42.2 Å². The predicted octanol–water partition coefficient (Wildman–Crippen LogP) is 3.52. The van der Waals surface area contributed by atoms with Gasteiger partial charge in [-0.3, -0.25) is 0 Å². The van der Waals surface area contributed by atoms with Gasteiger partial charge in [0.2, 0.25) is 0 Å². The highest BCUT2D eigenvalue weighted by Gasteiger charge is 2.17. The van der Waals surface area contributed by atoms with E-state index in [0.29, 0.717) is 6.04 Å². The molecule has 20 heavy (non-hydrogen) atoms. The second kappa shape index (κ2) is 6.53. The highest BCUT2D eigenvalue weighted by molar-refractivity contribution is 5.49. The number of rotatable bonds is 5. The zero-order chi connectivity index (χ0) is 14.5. The third kappa shape index (κ3) is 3.36. The molecule has 3 nitrogen and oxygen atoms in total. The predicted molar refractivity (Wildman–Crippen MR) is 84.6 cm³/mol. The SMILES string of the molecule is CC(C)N(Cc1ccccc1)c1ncccc1[C@@H](C)N. The van der Waals surface area contributed by atoms with E-state index in [9.17, 15) is 0 Å². The van der Waals surface area contributed by atoms with Crippen LogP contribution in [0, 0.1) is 0 Å². The van der Waals surface area contributed by atoms with E-state index in [0.717, 1.165) is 17.9 Å². The van der Waals surface area contributed by atoms with E-state index in [-0.39, 0.29) is 6.04 Å². The Morgan fingerprint density at radius 1 is 1.05 bits per heavy atom. The maximum Gasteiger partial charge on any atom is 0.133 e. The number of hydrogen-bond acceptors (Lipinski definition) is 3. The molecule has 0 saturated heterocycles. The molecule has 2 rings (SSSR count). The molecule has 0 bridgehead atoms. The molecule has 2 aromatic rings. The van der Waals surface area contributed by atoms with Gasteiger partial charge < -0.3 is 10.6 Å². The Labute approximate surface area is 121 Å². The van der Waals surface area contributed by atoms with Gasteiger partial charge in [0.1, 0.15) is 5.82 Å². The fraction of sp³-hybridized carbons (Fsp3) is 0.353. The first-order valence-electron chi connectivity index (χ1n) is 7.10. The van der Waals surface area contributed by atoms with Crippen LogP contribution in [0.5, 0.6) is 0 Å². The van der Waals surface area contributed by atoms with E-state index < -0.39 is 0 Å². The van der Waals surface area contributed by atoms with Crippen molar-refractivity contribution >= 4 is 5.82 Å². The molecule has 106 valence electrons. The van der Waals surface area contributed by atoms with Gasteiger partial charge in [0.15, 0.2) is 0 Å². The quantitative estimate of drug-likeness (QED) is 0.903. The van der Waals surface area contributed by atoms with Gasteiger partial charge in [-0.25, -0.2) is 4.98 Å². The lowest BCUT2D eigenvalue weighted by Gasteiger charge is -2.30. The summed E-state index contributed by atoms with van der Waals surface area (Å²) in [6.45, 7) is 7.21. The average Bonchev–Trinajstić information content (AvgIpc) is 2.45. The van der Waals surface area contributed by atoms with Gasteiger partial charge in [-0.2, -0.15) is 0 Å². The Balaban J connectivity index is 2.34. The zero-order valence-electron chi connectivity index (χ0n) is 12.5.